The topological polar surface area (TPSA) is 63.4 Å². The predicted octanol–water partition coefficient (Wildman–Crippen LogP) is 3.00. The molecule has 0 aromatic heterocycles. The molecule has 2 rings (SSSR count). The lowest BCUT2D eigenvalue weighted by Crippen LogP contribution is -2.32. The van der Waals surface area contributed by atoms with Crippen LogP contribution in [0.2, 0.25) is 0 Å². The van der Waals surface area contributed by atoms with Crippen LogP contribution in [0, 0.1) is 0 Å². The van der Waals surface area contributed by atoms with Gasteiger partial charge in [0.25, 0.3) is 0 Å². The number of nitrogens with two attached hydrogens (primary N) is 1. The summed E-state index contributed by atoms with van der Waals surface area (Å²) in [5, 5.41) is 0. The third-order valence-electron chi connectivity index (χ3n) is 2.76. The van der Waals surface area contributed by atoms with Crippen molar-refractivity contribution < 1.29 is 9.59 Å². The van der Waals surface area contributed by atoms with Crippen LogP contribution >= 0.6 is 23.9 Å². The van der Waals surface area contributed by atoms with E-state index < -0.39 is 11.8 Å². The Morgan fingerprint density at radius 3 is 1.59 bits per heavy atom. The fourth-order valence-corrected chi connectivity index (χ4v) is 3.61. The molecule has 0 aliphatic rings. The lowest BCUT2D eigenvalue weighted by atomic mass is 10.2. The van der Waals surface area contributed by atoms with Crippen molar-refractivity contribution in [2.24, 2.45) is 5.73 Å². The van der Waals surface area contributed by atoms with Crippen molar-refractivity contribution in [1.82, 2.24) is 3.71 Å². The first kappa shape index (κ1) is 16.5. The minimum atomic E-state index is -0.943. The average Bonchev–Trinajstić information content (AvgIpc) is 2.56. The second kappa shape index (κ2) is 8.51. The highest BCUT2D eigenvalue weighted by Crippen LogP contribution is 2.28. The smallest absolute Gasteiger partial charge is 0.331 e. The molecule has 0 bridgehead atoms. The Bertz CT molecular complexity index is 577. The number of hydrogen-bond acceptors (Lipinski definition) is 4. The van der Waals surface area contributed by atoms with Crippen molar-refractivity contribution in [3.8, 4) is 0 Å². The second-order valence-electron chi connectivity index (χ2n) is 4.44. The standard InChI is InChI=1S/C16H16N2O2S2/c17-15(19)16(20)18(21-11-13-7-3-1-4-8-13)22-12-14-9-5-2-6-10-14/h1-10H,11-12H2,(H2,17,19). The van der Waals surface area contributed by atoms with Gasteiger partial charge < -0.3 is 5.73 Å². The van der Waals surface area contributed by atoms with Gasteiger partial charge in [-0.2, -0.15) is 0 Å². The van der Waals surface area contributed by atoms with Gasteiger partial charge in [0.05, 0.1) is 0 Å². The number of hydrogen-bond donors (Lipinski definition) is 1. The zero-order chi connectivity index (χ0) is 15.8. The molecular weight excluding hydrogens is 316 g/mol. The molecule has 22 heavy (non-hydrogen) atoms. The highest BCUT2D eigenvalue weighted by molar-refractivity contribution is 8.12. The van der Waals surface area contributed by atoms with E-state index in [1.165, 1.54) is 27.6 Å². The number of primary amides is 1. The molecule has 0 radical (unpaired) electrons. The predicted molar refractivity (Wildman–Crippen MR) is 91.5 cm³/mol. The Hall–Kier alpha value is -1.92. The van der Waals surface area contributed by atoms with E-state index in [1.54, 1.807) is 0 Å². The van der Waals surface area contributed by atoms with Gasteiger partial charge in [-0.1, -0.05) is 60.7 Å². The summed E-state index contributed by atoms with van der Waals surface area (Å²) in [7, 11) is 0. The molecule has 0 saturated carbocycles. The molecule has 2 amide bonds. The van der Waals surface area contributed by atoms with E-state index in [2.05, 4.69) is 0 Å². The molecule has 6 heteroatoms. The number of carbonyl (C=O) groups is 2. The largest absolute Gasteiger partial charge is 0.361 e. The van der Waals surface area contributed by atoms with Crippen LogP contribution in [0.25, 0.3) is 0 Å². The SMILES string of the molecule is NC(=O)C(=O)N(SCc1ccccc1)SCc1ccccc1. The molecule has 114 valence electrons. The molecule has 2 N–H and O–H groups in total. The van der Waals surface area contributed by atoms with Gasteiger partial charge in [-0.15, -0.1) is 0 Å². The van der Waals surface area contributed by atoms with E-state index in [4.69, 9.17) is 5.73 Å². The summed E-state index contributed by atoms with van der Waals surface area (Å²) in [4.78, 5) is 23.1. The zero-order valence-corrected chi connectivity index (χ0v) is 13.5. The van der Waals surface area contributed by atoms with Crippen molar-refractivity contribution in [2.75, 3.05) is 0 Å². The molecule has 2 aromatic carbocycles. The highest BCUT2D eigenvalue weighted by atomic mass is 32.2. The van der Waals surface area contributed by atoms with Gasteiger partial charge in [0.1, 0.15) is 0 Å². The Labute approximate surface area is 138 Å². The van der Waals surface area contributed by atoms with E-state index >= 15 is 0 Å². The van der Waals surface area contributed by atoms with Crippen LogP contribution in [0.4, 0.5) is 0 Å². The summed E-state index contributed by atoms with van der Waals surface area (Å²) in [6.07, 6.45) is 0. The number of benzene rings is 2. The zero-order valence-electron chi connectivity index (χ0n) is 11.8. The molecule has 2 aromatic rings. The average molecular weight is 332 g/mol. The van der Waals surface area contributed by atoms with Gasteiger partial charge >= 0.3 is 11.8 Å². The molecule has 0 aliphatic carbocycles. The third-order valence-corrected chi connectivity index (χ3v) is 5.12. The van der Waals surface area contributed by atoms with Crippen LogP contribution in [0.5, 0.6) is 0 Å². The van der Waals surface area contributed by atoms with Crippen LogP contribution in [0.3, 0.4) is 0 Å². The molecule has 0 atom stereocenters. The van der Waals surface area contributed by atoms with Gasteiger partial charge in [-0.25, -0.2) is 3.71 Å². The van der Waals surface area contributed by atoms with Crippen LogP contribution in [-0.2, 0) is 21.1 Å². The summed E-state index contributed by atoms with van der Waals surface area (Å²) in [5.74, 6) is -0.438. The Balaban J connectivity index is 1.96. The van der Waals surface area contributed by atoms with Crippen LogP contribution < -0.4 is 5.73 Å². The van der Waals surface area contributed by atoms with Gasteiger partial charge in [0, 0.05) is 11.5 Å². The maximum absolute atomic E-state index is 11.9. The van der Waals surface area contributed by atoms with Crippen molar-refractivity contribution in [3.63, 3.8) is 0 Å². The summed E-state index contributed by atoms with van der Waals surface area (Å²) in [6, 6.07) is 19.5. The minimum absolute atomic E-state index is 0.599. The third kappa shape index (κ3) is 5.13. The van der Waals surface area contributed by atoms with Gasteiger partial charge in [0.2, 0.25) is 0 Å². The molecule has 0 heterocycles. The summed E-state index contributed by atoms with van der Waals surface area (Å²) in [6.45, 7) is 0. The normalized spacial score (nSPS) is 10.2. The van der Waals surface area contributed by atoms with E-state index in [-0.39, 0.29) is 0 Å². The maximum Gasteiger partial charge on any atom is 0.331 e. The van der Waals surface area contributed by atoms with E-state index in [0.717, 1.165) is 11.1 Å². The summed E-state index contributed by atoms with van der Waals surface area (Å²) in [5.41, 5.74) is 7.28. The first-order chi connectivity index (χ1) is 10.7. The second-order valence-corrected chi connectivity index (χ2v) is 6.50. The van der Waals surface area contributed by atoms with Gasteiger partial charge in [-0.05, 0) is 35.0 Å². The number of nitrogens with zero attached hydrogens (tertiary/aromatic N) is 1. The highest BCUT2D eigenvalue weighted by Gasteiger charge is 2.20. The van der Waals surface area contributed by atoms with Crippen molar-refractivity contribution in [2.45, 2.75) is 11.5 Å². The molecule has 4 nitrogen and oxygen atoms in total. The minimum Gasteiger partial charge on any atom is -0.361 e. The first-order valence-corrected chi connectivity index (χ1v) is 8.53. The lowest BCUT2D eigenvalue weighted by Gasteiger charge is -2.18. The number of amides is 2. The van der Waals surface area contributed by atoms with Crippen molar-refractivity contribution >= 4 is 35.7 Å². The van der Waals surface area contributed by atoms with Crippen LogP contribution in [-0.4, -0.2) is 15.5 Å². The molecule has 0 fully saturated rings. The van der Waals surface area contributed by atoms with Crippen LogP contribution in [0.1, 0.15) is 11.1 Å². The summed E-state index contributed by atoms with van der Waals surface area (Å²) >= 11 is 2.55. The van der Waals surface area contributed by atoms with Gasteiger partial charge in [-0.3, -0.25) is 9.59 Å². The van der Waals surface area contributed by atoms with E-state index in [1.807, 2.05) is 60.7 Å². The van der Waals surface area contributed by atoms with Crippen LogP contribution in [0.15, 0.2) is 60.7 Å². The maximum atomic E-state index is 11.9. The van der Waals surface area contributed by atoms with E-state index in [9.17, 15) is 9.59 Å². The molecule has 0 aliphatic heterocycles. The number of rotatable bonds is 6. The molecular formula is C16H16N2O2S2. The number of carbonyl (C=O) groups excluding carboxylic acids is 2. The fourth-order valence-electron chi connectivity index (χ4n) is 1.66. The van der Waals surface area contributed by atoms with Gasteiger partial charge in [0.15, 0.2) is 0 Å². The monoisotopic (exact) mass is 332 g/mol. The first-order valence-electron chi connectivity index (χ1n) is 6.64. The Morgan fingerprint density at radius 1 is 0.818 bits per heavy atom. The molecule has 0 spiro atoms. The Morgan fingerprint density at radius 2 is 1.23 bits per heavy atom. The molecule has 0 unspecified atom stereocenters. The van der Waals surface area contributed by atoms with Crippen molar-refractivity contribution in [3.05, 3.63) is 71.8 Å². The lowest BCUT2D eigenvalue weighted by molar-refractivity contribution is -0.138. The Kier molecular flexibility index (Phi) is 6.36. The van der Waals surface area contributed by atoms with Crippen molar-refractivity contribution in [1.29, 1.82) is 0 Å². The fraction of sp³-hybridized carbons (Fsp3) is 0.125. The van der Waals surface area contributed by atoms with E-state index in [0.29, 0.717) is 11.5 Å². The quantitative estimate of drug-likeness (QED) is 0.652. The molecule has 0 saturated heterocycles. The summed E-state index contributed by atoms with van der Waals surface area (Å²) < 4.78 is 1.36.